The van der Waals surface area contributed by atoms with Crippen LogP contribution in [-0.4, -0.2) is 16.8 Å². The van der Waals surface area contributed by atoms with Crippen LogP contribution >= 0.6 is 0 Å². The molecule has 0 radical (unpaired) electrons. The molecular formula is C12H12N2O5S2. The number of rotatable bonds is 5. The van der Waals surface area contributed by atoms with Crippen LogP contribution in [0.4, 0.5) is 11.4 Å². The van der Waals surface area contributed by atoms with Gasteiger partial charge in [0.05, 0.1) is 11.4 Å². The molecule has 0 bridgehead atoms. The molecule has 7 nitrogen and oxygen atoms in total. The van der Waals surface area contributed by atoms with Crippen LogP contribution in [0.15, 0.2) is 60.7 Å². The molecule has 0 fully saturated rings. The molecule has 0 aliphatic carbocycles. The topological polar surface area (TPSA) is 107 Å². The Bertz CT molecular complexity index is 766. The van der Waals surface area contributed by atoms with Gasteiger partial charge < -0.3 is 0 Å². The fourth-order valence-corrected chi connectivity index (χ4v) is 3.65. The molecule has 2 aromatic carbocycles. The molecule has 0 aliphatic heterocycles. The van der Waals surface area contributed by atoms with Crippen LogP contribution in [0.5, 0.6) is 0 Å². The lowest BCUT2D eigenvalue weighted by molar-refractivity contribution is 0.463. The van der Waals surface area contributed by atoms with E-state index >= 15 is 0 Å². The third kappa shape index (κ3) is 4.02. The van der Waals surface area contributed by atoms with Gasteiger partial charge in [0, 0.05) is 0 Å². The first-order valence-corrected chi connectivity index (χ1v) is 8.52. The van der Waals surface area contributed by atoms with Crippen LogP contribution in [0.1, 0.15) is 0 Å². The molecule has 9 heteroatoms. The molecule has 0 aliphatic rings. The molecule has 0 spiro atoms. The van der Waals surface area contributed by atoms with Crippen LogP contribution in [-0.2, 0) is 24.2 Å². The summed E-state index contributed by atoms with van der Waals surface area (Å²) in [6, 6.07) is 15.8. The Morgan fingerprint density at radius 3 is 1.48 bits per heavy atom. The average Bonchev–Trinajstić information content (AvgIpc) is 2.38. The Balaban J connectivity index is 2.58. The van der Waals surface area contributed by atoms with Crippen molar-refractivity contribution in [2.75, 3.05) is 4.31 Å². The Labute approximate surface area is 123 Å². The van der Waals surface area contributed by atoms with Gasteiger partial charge in [-0.2, -0.15) is 16.8 Å². The lowest BCUT2D eigenvalue weighted by Crippen LogP contribution is -2.32. The van der Waals surface area contributed by atoms with Gasteiger partial charge in [0.25, 0.3) is 0 Å². The van der Waals surface area contributed by atoms with E-state index in [0.29, 0.717) is 0 Å². The molecule has 112 valence electrons. The smallest absolute Gasteiger partial charge is 0.215 e. The van der Waals surface area contributed by atoms with E-state index in [9.17, 15) is 16.8 Å². The van der Waals surface area contributed by atoms with Gasteiger partial charge in [-0.05, 0) is 24.3 Å². The van der Waals surface area contributed by atoms with Crippen molar-refractivity contribution in [2.24, 2.45) is 5.14 Å². The van der Waals surface area contributed by atoms with Gasteiger partial charge >= 0.3 is 20.6 Å². The zero-order valence-electron chi connectivity index (χ0n) is 10.7. The Morgan fingerprint density at radius 2 is 1.14 bits per heavy atom. The number of hydrogen-bond acceptors (Lipinski definition) is 5. The first-order valence-electron chi connectivity index (χ1n) is 5.69. The summed E-state index contributed by atoms with van der Waals surface area (Å²) in [7, 11) is -9.34. The molecule has 0 aromatic heterocycles. The van der Waals surface area contributed by atoms with Crippen molar-refractivity contribution >= 4 is 32.0 Å². The van der Waals surface area contributed by atoms with E-state index < -0.39 is 20.6 Å². The zero-order chi connectivity index (χ0) is 15.5. The van der Waals surface area contributed by atoms with Crippen molar-refractivity contribution in [1.82, 2.24) is 0 Å². The molecule has 0 heterocycles. The van der Waals surface area contributed by atoms with Crippen molar-refractivity contribution in [2.45, 2.75) is 0 Å². The summed E-state index contributed by atoms with van der Waals surface area (Å²) in [5, 5.41) is 4.66. The van der Waals surface area contributed by atoms with Gasteiger partial charge in [0.1, 0.15) is 0 Å². The minimum Gasteiger partial charge on any atom is -0.215 e. The zero-order valence-corrected chi connectivity index (χ0v) is 12.3. The highest BCUT2D eigenvalue weighted by Gasteiger charge is 2.29. The SMILES string of the molecule is NS(=O)(=O)OS(=O)(=O)N(c1ccccc1)c1ccccc1. The van der Waals surface area contributed by atoms with E-state index in [1.807, 2.05) is 0 Å². The largest absolute Gasteiger partial charge is 0.382 e. The van der Waals surface area contributed by atoms with Crippen molar-refractivity contribution in [3.63, 3.8) is 0 Å². The van der Waals surface area contributed by atoms with Crippen LogP contribution < -0.4 is 9.44 Å². The molecule has 2 aromatic rings. The second kappa shape index (κ2) is 5.82. The highest BCUT2D eigenvalue weighted by molar-refractivity contribution is 7.99. The second-order valence-electron chi connectivity index (χ2n) is 3.95. The van der Waals surface area contributed by atoms with Gasteiger partial charge in [0.15, 0.2) is 0 Å². The fourth-order valence-electron chi connectivity index (χ4n) is 1.68. The van der Waals surface area contributed by atoms with Crippen LogP contribution in [0, 0.1) is 0 Å². The highest BCUT2D eigenvalue weighted by Crippen LogP contribution is 2.29. The van der Waals surface area contributed by atoms with Crippen molar-refractivity contribution < 1.29 is 20.5 Å². The van der Waals surface area contributed by atoms with Crippen molar-refractivity contribution in [3.05, 3.63) is 60.7 Å². The monoisotopic (exact) mass is 328 g/mol. The number of hydrogen-bond donors (Lipinski definition) is 1. The van der Waals surface area contributed by atoms with Crippen molar-refractivity contribution in [1.29, 1.82) is 0 Å². The lowest BCUT2D eigenvalue weighted by Gasteiger charge is -2.22. The molecule has 21 heavy (non-hydrogen) atoms. The van der Waals surface area contributed by atoms with Gasteiger partial charge in [-0.15, -0.1) is 3.63 Å². The summed E-state index contributed by atoms with van der Waals surface area (Å²) in [6.45, 7) is 0. The number of para-hydroxylation sites is 2. The molecule has 2 N–H and O–H groups in total. The van der Waals surface area contributed by atoms with Gasteiger partial charge in [-0.1, -0.05) is 36.4 Å². The van der Waals surface area contributed by atoms with Crippen LogP contribution in [0.25, 0.3) is 0 Å². The van der Waals surface area contributed by atoms with E-state index in [1.165, 1.54) is 24.3 Å². The van der Waals surface area contributed by atoms with Gasteiger partial charge in [0.2, 0.25) is 0 Å². The molecule has 2 rings (SSSR count). The summed E-state index contributed by atoms with van der Waals surface area (Å²) in [4.78, 5) is 0. The van der Waals surface area contributed by atoms with E-state index in [4.69, 9.17) is 0 Å². The molecule has 0 atom stereocenters. The molecule has 0 amide bonds. The van der Waals surface area contributed by atoms with Gasteiger partial charge in [-0.25, -0.2) is 9.44 Å². The molecular weight excluding hydrogens is 316 g/mol. The highest BCUT2D eigenvalue weighted by atomic mass is 32.3. The summed E-state index contributed by atoms with van der Waals surface area (Å²) < 4.78 is 51.1. The maximum absolute atomic E-state index is 12.2. The standard InChI is InChI=1S/C12H12N2O5S2/c13-20(15,16)19-21(17,18)14(11-7-3-1-4-8-11)12-9-5-2-6-10-12/h1-10H,(H2,13,15,16). The number of benzene rings is 2. The summed E-state index contributed by atoms with van der Waals surface area (Å²) in [6.07, 6.45) is 0. The third-order valence-corrected chi connectivity index (χ3v) is 4.70. The quantitative estimate of drug-likeness (QED) is 0.890. The molecule has 0 unspecified atom stereocenters. The minimum atomic E-state index is -4.67. The average molecular weight is 328 g/mol. The first kappa shape index (κ1) is 15.4. The van der Waals surface area contributed by atoms with Crippen molar-refractivity contribution in [3.8, 4) is 0 Å². The fraction of sp³-hybridized carbons (Fsp3) is 0. The number of nitrogens with two attached hydrogens (primary N) is 1. The Hall–Kier alpha value is -1.94. The summed E-state index contributed by atoms with van der Waals surface area (Å²) in [5.41, 5.74) is 0.430. The van der Waals surface area contributed by atoms with Crippen LogP contribution in [0.3, 0.4) is 0 Å². The second-order valence-corrected chi connectivity index (χ2v) is 6.70. The van der Waals surface area contributed by atoms with E-state index in [-0.39, 0.29) is 11.4 Å². The van der Waals surface area contributed by atoms with E-state index in [0.717, 1.165) is 4.31 Å². The van der Waals surface area contributed by atoms with Crippen LogP contribution in [0.2, 0.25) is 0 Å². The Morgan fingerprint density at radius 1 is 0.762 bits per heavy atom. The normalized spacial score (nSPS) is 12.0. The predicted octanol–water partition coefficient (Wildman–Crippen LogP) is 1.29. The summed E-state index contributed by atoms with van der Waals surface area (Å²) in [5.74, 6) is 0. The van der Waals surface area contributed by atoms with E-state index in [1.54, 1.807) is 36.4 Å². The van der Waals surface area contributed by atoms with E-state index in [2.05, 4.69) is 8.77 Å². The maximum Gasteiger partial charge on any atom is 0.382 e. The predicted molar refractivity (Wildman–Crippen MR) is 78.1 cm³/mol. The third-order valence-electron chi connectivity index (χ3n) is 2.39. The molecule has 0 saturated carbocycles. The first-order chi connectivity index (χ1) is 9.80. The number of nitrogens with zero attached hydrogens (tertiary/aromatic N) is 1. The lowest BCUT2D eigenvalue weighted by atomic mass is 10.3. The number of anilines is 2. The van der Waals surface area contributed by atoms with Gasteiger partial charge in [-0.3, -0.25) is 0 Å². The minimum absolute atomic E-state index is 0.215. The molecule has 0 saturated heterocycles. The Kier molecular flexibility index (Phi) is 4.28. The summed E-state index contributed by atoms with van der Waals surface area (Å²) >= 11 is 0. The maximum atomic E-state index is 12.2.